The Kier molecular flexibility index (Phi) is 5.18. The third-order valence-corrected chi connectivity index (χ3v) is 1.57. The van der Waals surface area contributed by atoms with E-state index in [1.165, 1.54) is 0 Å². The Hall–Kier alpha value is -0.340. The van der Waals surface area contributed by atoms with E-state index in [9.17, 15) is 5.11 Å². The Morgan fingerprint density at radius 3 is 2.33 bits per heavy atom. The molecule has 0 aliphatic carbocycles. The Morgan fingerprint density at radius 2 is 1.92 bits per heavy atom. The molecular formula is C10H20O2. The van der Waals surface area contributed by atoms with E-state index in [1.807, 2.05) is 12.2 Å². The summed E-state index contributed by atoms with van der Waals surface area (Å²) in [6.45, 7) is 5.37. The highest BCUT2D eigenvalue weighted by Gasteiger charge is 2.09. The molecule has 0 amide bonds. The van der Waals surface area contributed by atoms with Crippen LogP contribution >= 0.6 is 0 Å². The highest BCUT2D eigenvalue weighted by Crippen LogP contribution is 2.10. The van der Waals surface area contributed by atoms with Crippen LogP contribution in [0, 0.1) is 0 Å². The van der Waals surface area contributed by atoms with Gasteiger partial charge in [0.1, 0.15) is 0 Å². The van der Waals surface area contributed by atoms with Crippen LogP contribution in [0.15, 0.2) is 12.2 Å². The highest BCUT2D eigenvalue weighted by molar-refractivity contribution is 4.85. The average molecular weight is 172 g/mol. The summed E-state index contributed by atoms with van der Waals surface area (Å²) in [5, 5.41) is 18.3. The molecular weight excluding hydrogens is 152 g/mol. The Balaban J connectivity index is 3.37. The zero-order valence-electron chi connectivity index (χ0n) is 8.25. The minimum absolute atomic E-state index is 0.261. The Bertz CT molecular complexity index is 131. The maximum Gasteiger partial charge on any atom is 0.0594 e. The highest BCUT2D eigenvalue weighted by atomic mass is 16.3. The number of aliphatic hydroxyl groups is 2. The molecule has 0 aromatic rings. The number of rotatable bonds is 5. The summed E-state index contributed by atoms with van der Waals surface area (Å²) in [6, 6.07) is 0. The van der Waals surface area contributed by atoms with Gasteiger partial charge in [0, 0.05) is 0 Å². The molecule has 0 fully saturated rings. The van der Waals surface area contributed by atoms with Gasteiger partial charge in [0.2, 0.25) is 0 Å². The lowest BCUT2D eigenvalue weighted by atomic mass is 10.0. The van der Waals surface area contributed by atoms with Crippen molar-refractivity contribution in [1.29, 1.82) is 0 Å². The van der Waals surface area contributed by atoms with E-state index in [0.717, 1.165) is 12.8 Å². The second-order valence-electron chi connectivity index (χ2n) is 3.91. The maximum absolute atomic E-state index is 9.34. The van der Waals surface area contributed by atoms with E-state index >= 15 is 0 Å². The van der Waals surface area contributed by atoms with Gasteiger partial charge in [-0.3, -0.25) is 0 Å². The zero-order chi connectivity index (χ0) is 9.61. The molecule has 0 radical (unpaired) electrons. The maximum atomic E-state index is 9.34. The fourth-order valence-electron chi connectivity index (χ4n) is 0.848. The molecule has 1 atom stereocenters. The van der Waals surface area contributed by atoms with Crippen molar-refractivity contribution in [3.05, 3.63) is 12.2 Å². The van der Waals surface area contributed by atoms with E-state index in [0.29, 0.717) is 6.42 Å². The van der Waals surface area contributed by atoms with Crippen LogP contribution in [0.3, 0.4) is 0 Å². The molecule has 2 N–H and O–H groups in total. The summed E-state index contributed by atoms with van der Waals surface area (Å²) in [7, 11) is 0. The molecule has 0 saturated heterocycles. The van der Waals surface area contributed by atoms with E-state index in [4.69, 9.17) is 5.11 Å². The van der Waals surface area contributed by atoms with Gasteiger partial charge in [0.05, 0.1) is 11.7 Å². The molecule has 0 saturated carbocycles. The largest absolute Gasteiger partial charge is 0.393 e. The first kappa shape index (κ1) is 11.7. The van der Waals surface area contributed by atoms with Crippen molar-refractivity contribution in [2.45, 2.75) is 51.7 Å². The number of hydrogen-bond acceptors (Lipinski definition) is 2. The normalized spacial score (nSPS) is 15.4. The van der Waals surface area contributed by atoms with Crippen molar-refractivity contribution >= 4 is 0 Å². The molecule has 12 heavy (non-hydrogen) atoms. The number of aliphatic hydroxyl groups excluding tert-OH is 1. The molecule has 0 aliphatic heterocycles. The lowest BCUT2D eigenvalue weighted by Crippen LogP contribution is -2.17. The molecule has 0 spiro atoms. The molecule has 0 aromatic carbocycles. The van der Waals surface area contributed by atoms with Crippen molar-refractivity contribution in [3.8, 4) is 0 Å². The smallest absolute Gasteiger partial charge is 0.0594 e. The Labute approximate surface area is 74.9 Å². The van der Waals surface area contributed by atoms with Crippen LogP contribution < -0.4 is 0 Å². The molecule has 72 valence electrons. The van der Waals surface area contributed by atoms with Crippen molar-refractivity contribution in [1.82, 2.24) is 0 Å². The van der Waals surface area contributed by atoms with Crippen molar-refractivity contribution < 1.29 is 10.2 Å². The predicted octanol–water partition coefficient (Wildman–Crippen LogP) is 1.86. The van der Waals surface area contributed by atoms with Gasteiger partial charge in [-0.25, -0.2) is 0 Å². The van der Waals surface area contributed by atoms with Gasteiger partial charge < -0.3 is 10.2 Å². The summed E-state index contributed by atoms with van der Waals surface area (Å²) >= 11 is 0. The van der Waals surface area contributed by atoms with Crippen LogP contribution in [0.1, 0.15) is 40.0 Å². The molecule has 0 bridgehead atoms. The van der Waals surface area contributed by atoms with Gasteiger partial charge in [-0.1, -0.05) is 12.2 Å². The molecule has 2 nitrogen and oxygen atoms in total. The van der Waals surface area contributed by atoms with Crippen LogP contribution in [0.5, 0.6) is 0 Å². The topological polar surface area (TPSA) is 40.5 Å². The molecule has 2 heteroatoms. The lowest BCUT2D eigenvalue weighted by molar-refractivity contribution is 0.0721. The van der Waals surface area contributed by atoms with Crippen molar-refractivity contribution in [3.63, 3.8) is 0 Å². The summed E-state index contributed by atoms with van der Waals surface area (Å²) in [5.74, 6) is 0. The first-order valence-electron chi connectivity index (χ1n) is 4.47. The quantitative estimate of drug-likeness (QED) is 0.621. The first-order chi connectivity index (χ1) is 5.42. The van der Waals surface area contributed by atoms with Crippen molar-refractivity contribution in [2.24, 2.45) is 0 Å². The molecule has 0 aromatic heterocycles. The third kappa shape index (κ3) is 9.66. The zero-order valence-corrected chi connectivity index (χ0v) is 8.25. The molecule has 0 aliphatic rings. The van der Waals surface area contributed by atoms with E-state index in [1.54, 1.807) is 20.8 Å². The van der Waals surface area contributed by atoms with Gasteiger partial charge in [0.25, 0.3) is 0 Å². The average Bonchev–Trinajstić information content (AvgIpc) is 1.83. The van der Waals surface area contributed by atoms with E-state index < -0.39 is 5.60 Å². The first-order valence-corrected chi connectivity index (χ1v) is 4.47. The van der Waals surface area contributed by atoms with E-state index in [-0.39, 0.29) is 6.10 Å². The second-order valence-corrected chi connectivity index (χ2v) is 3.91. The van der Waals surface area contributed by atoms with Crippen LogP contribution in [0.25, 0.3) is 0 Å². The predicted molar refractivity (Wildman–Crippen MR) is 51.0 cm³/mol. The standard InChI is InChI=1S/C10H20O2/c1-9(11)7-5-4-6-8-10(2,3)12/h4-5,9,11-12H,6-8H2,1-3H3/b5-4+. The summed E-state index contributed by atoms with van der Waals surface area (Å²) in [4.78, 5) is 0. The lowest BCUT2D eigenvalue weighted by Gasteiger charge is -2.14. The summed E-state index contributed by atoms with van der Waals surface area (Å²) < 4.78 is 0. The Morgan fingerprint density at radius 1 is 1.33 bits per heavy atom. The van der Waals surface area contributed by atoms with Crippen LogP contribution in [-0.2, 0) is 0 Å². The molecule has 1 unspecified atom stereocenters. The minimum atomic E-state index is -0.574. The fourth-order valence-corrected chi connectivity index (χ4v) is 0.848. The SMILES string of the molecule is CC(O)C/C=C/CCC(C)(C)O. The minimum Gasteiger partial charge on any atom is -0.393 e. The molecule has 0 heterocycles. The van der Waals surface area contributed by atoms with Gasteiger partial charge in [0.15, 0.2) is 0 Å². The summed E-state index contributed by atoms with van der Waals surface area (Å²) in [6.07, 6.45) is 6.04. The number of hydrogen-bond donors (Lipinski definition) is 2. The monoisotopic (exact) mass is 172 g/mol. The van der Waals surface area contributed by atoms with Crippen LogP contribution in [0.4, 0.5) is 0 Å². The number of allylic oxidation sites excluding steroid dienone is 1. The van der Waals surface area contributed by atoms with Gasteiger partial charge in [-0.05, 0) is 40.0 Å². The summed E-state index contributed by atoms with van der Waals surface area (Å²) in [5.41, 5.74) is -0.574. The van der Waals surface area contributed by atoms with Gasteiger partial charge in [-0.2, -0.15) is 0 Å². The third-order valence-electron chi connectivity index (χ3n) is 1.57. The van der Waals surface area contributed by atoms with Crippen LogP contribution in [0.2, 0.25) is 0 Å². The second kappa shape index (κ2) is 5.33. The van der Waals surface area contributed by atoms with E-state index in [2.05, 4.69) is 0 Å². The van der Waals surface area contributed by atoms with Gasteiger partial charge in [-0.15, -0.1) is 0 Å². The molecule has 0 rings (SSSR count). The van der Waals surface area contributed by atoms with Crippen LogP contribution in [-0.4, -0.2) is 21.9 Å². The van der Waals surface area contributed by atoms with Crippen molar-refractivity contribution in [2.75, 3.05) is 0 Å². The van der Waals surface area contributed by atoms with Gasteiger partial charge >= 0.3 is 0 Å². The fraction of sp³-hybridized carbons (Fsp3) is 0.800.